The van der Waals surface area contributed by atoms with Gasteiger partial charge in [0.05, 0.1) is 10.7 Å². The molecule has 9 nitrogen and oxygen atoms in total. The van der Waals surface area contributed by atoms with Crippen LogP contribution in [0, 0.1) is 24.0 Å². The van der Waals surface area contributed by atoms with Crippen molar-refractivity contribution in [1.82, 2.24) is 15.2 Å². The first-order valence-electron chi connectivity index (χ1n) is 8.69. The van der Waals surface area contributed by atoms with Crippen LogP contribution in [0.2, 0.25) is 0 Å². The molecule has 0 aliphatic carbocycles. The molecule has 1 heterocycles. The summed E-state index contributed by atoms with van der Waals surface area (Å²) in [6.07, 6.45) is 0. The first-order valence-corrected chi connectivity index (χ1v) is 9.68. The number of anilines is 1. The minimum Gasteiger partial charge on any atom is -0.486 e. The highest BCUT2D eigenvalue weighted by atomic mass is 32.2. The van der Waals surface area contributed by atoms with Crippen LogP contribution in [0.3, 0.4) is 0 Å². The second kappa shape index (κ2) is 9.20. The van der Waals surface area contributed by atoms with Gasteiger partial charge in [0.25, 0.3) is 5.69 Å². The second-order valence-corrected chi connectivity index (χ2v) is 7.20. The van der Waals surface area contributed by atoms with Gasteiger partial charge in [0, 0.05) is 17.8 Å². The van der Waals surface area contributed by atoms with E-state index in [9.17, 15) is 14.9 Å². The third-order valence-corrected chi connectivity index (χ3v) is 4.78. The number of aromatic nitrogens is 3. The summed E-state index contributed by atoms with van der Waals surface area (Å²) in [6.45, 7) is 3.94. The number of ether oxygens (including phenoxy) is 1. The molecule has 1 amide bonds. The van der Waals surface area contributed by atoms with Crippen molar-refractivity contribution in [2.24, 2.45) is 0 Å². The number of nitro benzene ring substituents is 1. The first kappa shape index (κ1) is 20.3. The van der Waals surface area contributed by atoms with E-state index in [1.54, 1.807) is 6.92 Å². The van der Waals surface area contributed by atoms with Gasteiger partial charge < -0.3 is 10.1 Å². The van der Waals surface area contributed by atoms with Crippen LogP contribution in [0.1, 0.15) is 17.0 Å². The molecule has 0 saturated heterocycles. The molecule has 0 aliphatic rings. The van der Waals surface area contributed by atoms with Crippen LogP contribution in [0.5, 0.6) is 5.75 Å². The van der Waals surface area contributed by atoms with E-state index in [1.165, 1.54) is 30.0 Å². The fourth-order valence-electron chi connectivity index (χ4n) is 2.41. The van der Waals surface area contributed by atoms with Gasteiger partial charge >= 0.3 is 0 Å². The van der Waals surface area contributed by atoms with Gasteiger partial charge in [-0.15, -0.1) is 5.10 Å². The van der Waals surface area contributed by atoms with E-state index in [2.05, 4.69) is 20.5 Å². The molecule has 0 bridgehead atoms. The van der Waals surface area contributed by atoms with E-state index in [-0.39, 0.29) is 24.0 Å². The predicted octanol–water partition coefficient (Wildman–Crippen LogP) is 3.64. The number of non-ortho nitro benzene ring substituents is 1. The number of thioether (sulfide) groups is 1. The van der Waals surface area contributed by atoms with Gasteiger partial charge in [-0.1, -0.05) is 29.5 Å². The number of rotatable bonds is 8. The number of benzene rings is 2. The first-order chi connectivity index (χ1) is 13.9. The van der Waals surface area contributed by atoms with Gasteiger partial charge in [0.15, 0.2) is 5.82 Å². The molecule has 150 valence electrons. The van der Waals surface area contributed by atoms with E-state index in [1.807, 2.05) is 31.2 Å². The van der Waals surface area contributed by atoms with Gasteiger partial charge in [0.1, 0.15) is 12.4 Å². The van der Waals surface area contributed by atoms with Crippen LogP contribution >= 0.6 is 11.8 Å². The number of nitrogens with one attached hydrogen (secondary N) is 2. The molecule has 0 spiro atoms. The topological polar surface area (TPSA) is 123 Å². The van der Waals surface area contributed by atoms with Gasteiger partial charge in [-0.25, -0.2) is 4.98 Å². The Hall–Kier alpha value is -3.40. The molecule has 0 atom stereocenters. The van der Waals surface area contributed by atoms with Crippen molar-refractivity contribution in [2.75, 3.05) is 11.1 Å². The van der Waals surface area contributed by atoms with Crippen molar-refractivity contribution >= 4 is 29.0 Å². The van der Waals surface area contributed by atoms with Crippen LogP contribution < -0.4 is 10.1 Å². The molecule has 3 rings (SSSR count). The Kier molecular flexibility index (Phi) is 6.45. The molecule has 0 saturated carbocycles. The fraction of sp³-hybridized carbons (Fsp3) is 0.211. The molecule has 0 fully saturated rings. The minimum atomic E-state index is -0.474. The summed E-state index contributed by atoms with van der Waals surface area (Å²) < 4.78 is 5.63. The summed E-state index contributed by atoms with van der Waals surface area (Å²) in [6, 6.07) is 12.0. The summed E-state index contributed by atoms with van der Waals surface area (Å²) in [7, 11) is 0. The number of carbonyl (C=O) groups excluding carboxylic acids is 1. The number of amides is 1. The van der Waals surface area contributed by atoms with Gasteiger partial charge in [-0.2, -0.15) is 0 Å². The number of carbonyl (C=O) groups is 1. The van der Waals surface area contributed by atoms with Crippen molar-refractivity contribution in [1.29, 1.82) is 0 Å². The molecule has 10 heteroatoms. The SMILES string of the molecule is Cc1ccc(OCc2nc(SCC(=O)Nc3ccc([N+](=O)[O-])cc3C)n[nH]2)cc1. The Balaban J connectivity index is 1.48. The summed E-state index contributed by atoms with van der Waals surface area (Å²) in [5.41, 5.74) is 2.28. The van der Waals surface area contributed by atoms with Gasteiger partial charge in [-0.05, 0) is 37.6 Å². The fourth-order valence-corrected chi connectivity index (χ4v) is 3.03. The Morgan fingerprint density at radius 2 is 2.00 bits per heavy atom. The maximum atomic E-state index is 12.1. The summed E-state index contributed by atoms with van der Waals surface area (Å²) >= 11 is 1.18. The van der Waals surface area contributed by atoms with Crippen LogP contribution in [-0.2, 0) is 11.4 Å². The second-order valence-electron chi connectivity index (χ2n) is 6.26. The number of aryl methyl sites for hydroxylation is 2. The van der Waals surface area contributed by atoms with Crippen molar-refractivity contribution in [3.63, 3.8) is 0 Å². The zero-order valence-corrected chi connectivity index (χ0v) is 16.7. The Bertz CT molecular complexity index is 1020. The van der Waals surface area contributed by atoms with Crippen LogP contribution in [0.4, 0.5) is 11.4 Å². The lowest BCUT2D eigenvalue weighted by Crippen LogP contribution is -2.15. The number of hydrogen-bond donors (Lipinski definition) is 2. The minimum absolute atomic E-state index is 0.0176. The van der Waals surface area contributed by atoms with Gasteiger partial charge in [0.2, 0.25) is 11.1 Å². The van der Waals surface area contributed by atoms with E-state index >= 15 is 0 Å². The standard InChI is InChI=1S/C19H19N5O4S/c1-12-3-6-15(7-4-12)28-10-17-21-19(23-22-17)29-11-18(25)20-16-8-5-14(24(26)27)9-13(16)2/h3-9H,10-11H2,1-2H3,(H,20,25)(H,21,22,23). The highest BCUT2D eigenvalue weighted by Gasteiger charge is 2.12. The number of H-pyrrole nitrogens is 1. The third kappa shape index (κ3) is 5.79. The zero-order valence-electron chi connectivity index (χ0n) is 15.8. The lowest BCUT2D eigenvalue weighted by Gasteiger charge is -2.07. The van der Waals surface area contributed by atoms with Crippen molar-refractivity contribution in [2.45, 2.75) is 25.6 Å². The van der Waals surface area contributed by atoms with E-state index in [0.717, 1.165) is 11.3 Å². The molecule has 2 N–H and O–H groups in total. The molecular weight excluding hydrogens is 394 g/mol. The van der Waals surface area contributed by atoms with E-state index in [4.69, 9.17) is 4.74 Å². The largest absolute Gasteiger partial charge is 0.486 e. The molecule has 29 heavy (non-hydrogen) atoms. The van der Waals surface area contributed by atoms with E-state index < -0.39 is 4.92 Å². The van der Waals surface area contributed by atoms with Crippen molar-refractivity contribution in [3.05, 3.63) is 69.5 Å². The molecular formula is C19H19N5O4S. The van der Waals surface area contributed by atoms with Gasteiger partial charge in [-0.3, -0.25) is 20.0 Å². The molecule has 0 unspecified atom stereocenters. The molecule has 2 aromatic carbocycles. The molecule has 0 aliphatic heterocycles. The Morgan fingerprint density at radius 3 is 2.69 bits per heavy atom. The maximum absolute atomic E-state index is 12.1. The van der Waals surface area contributed by atoms with E-state index in [0.29, 0.717) is 22.2 Å². The zero-order chi connectivity index (χ0) is 20.8. The van der Waals surface area contributed by atoms with Crippen molar-refractivity contribution in [3.8, 4) is 5.75 Å². The number of aromatic amines is 1. The normalized spacial score (nSPS) is 10.6. The number of nitro groups is 1. The predicted molar refractivity (Wildman–Crippen MR) is 109 cm³/mol. The average Bonchev–Trinajstić information content (AvgIpc) is 3.15. The summed E-state index contributed by atoms with van der Waals surface area (Å²) in [4.78, 5) is 26.7. The maximum Gasteiger partial charge on any atom is 0.269 e. The smallest absolute Gasteiger partial charge is 0.269 e. The number of nitrogens with zero attached hydrogens (tertiary/aromatic N) is 3. The third-order valence-electron chi connectivity index (χ3n) is 3.94. The van der Waals surface area contributed by atoms with Crippen LogP contribution in [0.15, 0.2) is 47.6 Å². The Labute approximate surface area is 171 Å². The lowest BCUT2D eigenvalue weighted by atomic mass is 10.2. The summed E-state index contributed by atoms with van der Waals surface area (Å²) in [5, 5.41) is 20.8. The quantitative estimate of drug-likeness (QED) is 0.328. The molecule has 1 aromatic heterocycles. The monoisotopic (exact) mass is 413 g/mol. The number of hydrogen-bond acceptors (Lipinski definition) is 7. The van der Waals surface area contributed by atoms with Crippen molar-refractivity contribution < 1.29 is 14.5 Å². The highest BCUT2D eigenvalue weighted by Crippen LogP contribution is 2.22. The van der Waals surface area contributed by atoms with Crippen LogP contribution in [0.25, 0.3) is 0 Å². The summed E-state index contributed by atoms with van der Waals surface area (Å²) in [5.74, 6) is 1.14. The van der Waals surface area contributed by atoms with Crippen LogP contribution in [-0.4, -0.2) is 31.8 Å². The Morgan fingerprint density at radius 1 is 1.24 bits per heavy atom. The molecule has 3 aromatic rings. The average molecular weight is 413 g/mol. The highest BCUT2D eigenvalue weighted by molar-refractivity contribution is 7.99. The molecule has 0 radical (unpaired) electrons. The lowest BCUT2D eigenvalue weighted by molar-refractivity contribution is -0.384.